The Hall–Kier alpha value is -2.98. The van der Waals surface area contributed by atoms with E-state index < -0.39 is 0 Å². The van der Waals surface area contributed by atoms with E-state index in [1.165, 1.54) is 17.7 Å². The van der Waals surface area contributed by atoms with Crippen molar-refractivity contribution in [3.05, 3.63) is 47.7 Å². The quantitative estimate of drug-likeness (QED) is 0.802. The summed E-state index contributed by atoms with van der Waals surface area (Å²) in [5.74, 6) is 0.537. The first-order chi connectivity index (χ1) is 12.1. The van der Waals surface area contributed by atoms with Gasteiger partial charge in [-0.25, -0.2) is 0 Å². The lowest BCUT2D eigenvalue weighted by Gasteiger charge is -2.09. The van der Waals surface area contributed by atoms with Gasteiger partial charge in [0.25, 0.3) is 6.47 Å². The predicted octanol–water partition coefficient (Wildman–Crippen LogP) is 2.70. The van der Waals surface area contributed by atoms with E-state index in [0.29, 0.717) is 12.5 Å². The van der Waals surface area contributed by atoms with Crippen LogP contribution in [0.25, 0.3) is 0 Å². The Balaban J connectivity index is 0.000000421. The molecule has 1 atom stereocenters. The van der Waals surface area contributed by atoms with Crippen molar-refractivity contribution in [2.24, 2.45) is 5.73 Å². The van der Waals surface area contributed by atoms with E-state index in [1.54, 1.807) is 6.07 Å². The molecule has 134 valence electrons. The number of benzene rings is 1. The maximum atomic E-state index is 9.77. The summed E-state index contributed by atoms with van der Waals surface area (Å²) in [5, 5.41) is 18.2. The molecule has 0 saturated heterocycles. The SMILES string of the molecule is CC.CNc1ccc(C(C)CN)cc1.N#Cc1ccc(OC=O)nn1. The molecule has 0 amide bonds. The summed E-state index contributed by atoms with van der Waals surface area (Å²) < 4.78 is 4.34. The van der Waals surface area contributed by atoms with Gasteiger partial charge in [0.2, 0.25) is 5.88 Å². The zero-order valence-corrected chi connectivity index (χ0v) is 15.1. The lowest BCUT2D eigenvalue weighted by atomic mass is 10.0. The summed E-state index contributed by atoms with van der Waals surface area (Å²) in [6.45, 7) is 7.09. The van der Waals surface area contributed by atoms with Crippen LogP contribution in [0.1, 0.15) is 37.9 Å². The zero-order valence-electron chi connectivity index (χ0n) is 15.1. The van der Waals surface area contributed by atoms with Crippen molar-refractivity contribution in [3.63, 3.8) is 0 Å². The van der Waals surface area contributed by atoms with Gasteiger partial charge in [0, 0.05) is 18.8 Å². The minimum atomic E-state index is 0.0824. The van der Waals surface area contributed by atoms with Crippen LogP contribution in [-0.4, -0.2) is 30.3 Å². The van der Waals surface area contributed by atoms with Crippen molar-refractivity contribution in [3.8, 4) is 11.9 Å². The van der Waals surface area contributed by atoms with Gasteiger partial charge in [-0.05, 0) is 36.2 Å². The smallest absolute Gasteiger partial charge is 0.299 e. The van der Waals surface area contributed by atoms with Gasteiger partial charge in [-0.15, -0.1) is 10.2 Å². The highest BCUT2D eigenvalue weighted by molar-refractivity contribution is 5.44. The first-order valence-corrected chi connectivity index (χ1v) is 7.96. The minimum absolute atomic E-state index is 0.0824. The fourth-order valence-electron chi connectivity index (χ4n) is 1.61. The molecule has 1 aromatic carbocycles. The molecule has 2 rings (SSSR count). The number of anilines is 1. The molecule has 1 unspecified atom stereocenters. The summed E-state index contributed by atoms with van der Waals surface area (Å²) in [4.78, 5) is 9.77. The Morgan fingerprint density at radius 1 is 1.24 bits per heavy atom. The first kappa shape index (κ1) is 22.0. The molecule has 1 heterocycles. The average molecular weight is 343 g/mol. The van der Waals surface area contributed by atoms with Crippen LogP contribution in [0.3, 0.4) is 0 Å². The van der Waals surface area contributed by atoms with Gasteiger partial charge in [-0.1, -0.05) is 32.9 Å². The van der Waals surface area contributed by atoms with E-state index in [-0.39, 0.29) is 18.0 Å². The highest BCUT2D eigenvalue weighted by Crippen LogP contribution is 2.16. The normalized spacial score (nSPS) is 9.92. The first-order valence-electron chi connectivity index (χ1n) is 7.96. The third-order valence-corrected chi connectivity index (χ3v) is 3.05. The highest BCUT2D eigenvalue weighted by Gasteiger charge is 2.01. The van der Waals surface area contributed by atoms with Crippen LogP contribution in [0.15, 0.2) is 36.4 Å². The van der Waals surface area contributed by atoms with E-state index in [2.05, 4.69) is 51.4 Å². The third-order valence-electron chi connectivity index (χ3n) is 3.05. The summed E-state index contributed by atoms with van der Waals surface area (Å²) in [6.07, 6.45) is 0. The summed E-state index contributed by atoms with van der Waals surface area (Å²) in [7, 11) is 1.92. The van der Waals surface area contributed by atoms with Crippen LogP contribution in [0.5, 0.6) is 5.88 Å². The van der Waals surface area contributed by atoms with Crippen LogP contribution in [-0.2, 0) is 4.79 Å². The molecule has 0 spiro atoms. The van der Waals surface area contributed by atoms with Gasteiger partial charge >= 0.3 is 0 Å². The Bertz CT molecular complexity index is 636. The Morgan fingerprint density at radius 3 is 2.28 bits per heavy atom. The molecule has 0 bridgehead atoms. The van der Waals surface area contributed by atoms with Crippen molar-refractivity contribution in [2.45, 2.75) is 26.7 Å². The summed E-state index contributed by atoms with van der Waals surface area (Å²) in [6, 6.07) is 12.9. The summed E-state index contributed by atoms with van der Waals surface area (Å²) >= 11 is 0. The lowest BCUT2D eigenvalue weighted by Crippen LogP contribution is -2.08. The van der Waals surface area contributed by atoms with E-state index in [1.807, 2.05) is 20.9 Å². The molecule has 0 fully saturated rings. The predicted molar refractivity (Wildman–Crippen MR) is 98.2 cm³/mol. The van der Waals surface area contributed by atoms with Gasteiger partial charge in [0.15, 0.2) is 5.69 Å². The molecule has 3 N–H and O–H groups in total. The number of nitrogens with one attached hydrogen (secondary N) is 1. The maximum Gasteiger partial charge on any atom is 0.299 e. The van der Waals surface area contributed by atoms with E-state index >= 15 is 0 Å². The standard InChI is InChI=1S/C10H16N2.C6H3N3O2.C2H6/c1-8(7-11)9-3-5-10(12-2)6-4-9;7-3-5-1-2-6(9-8-5)11-4-10;1-2/h3-6,8,12H,7,11H2,1-2H3;1-2,4H;1-2H3. The van der Waals surface area contributed by atoms with Gasteiger partial charge in [-0.2, -0.15) is 5.26 Å². The largest absolute Gasteiger partial charge is 0.408 e. The van der Waals surface area contributed by atoms with Crippen molar-refractivity contribution in [1.82, 2.24) is 10.2 Å². The zero-order chi connectivity index (χ0) is 19.1. The van der Waals surface area contributed by atoms with Crippen molar-refractivity contribution in [2.75, 3.05) is 18.9 Å². The molecule has 1 aromatic heterocycles. The number of nitrogens with two attached hydrogens (primary N) is 1. The van der Waals surface area contributed by atoms with Crippen molar-refractivity contribution < 1.29 is 9.53 Å². The molecule has 25 heavy (non-hydrogen) atoms. The molecule has 0 aliphatic rings. The number of hydrogen-bond donors (Lipinski definition) is 2. The second-order valence-electron chi connectivity index (χ2n) is 4.59. The number of aromatic nitrogens is 2. The van der Waals surface area contributed by atoms with Crippen LogP contribution in [0.2, 0.25) is 0 Å². The monoisotopic (exact) mass is 343 g/mol. The number of carbonyl (C=O) groups excluding carboxylic acids is 1. The lowest BCUT2D eigenvalue weighted by molar-refractivity contribution is -0.121. The fourth-order valence-corrected chi connectivity index (χ4v) is 1.61. The number of nitriles is 1. The van der Waals surface area contributed by atoms with E-state index in [0.717, 1.165) is 5.69 Å². The molecular weight excluding hydrogens is 318 g/mol. The number of hydrogen-bond acceptors (Lipinski definition) is 7. The number of nitrogens with zero attached hydrogens (tertiary/aromatic N) is 3. The molecule has 0 radical (unpaired) electrons. The number of ether oxygens (including phenoxy) is 1. The van der Waals surface area contributed by atoms with E-state index in [9.17, 15) is 4.79 Å². The molecule has 0 saturated carbocycles. The second kappa shape index (κ2) is 13.5. The minimum Gasteiger partial charge on any atom is -0.408 e. The summed E-state index contributed by atoms with van der Waals surface area (Å²) in [5.41, 5.74) is 8.19. The third kappa shape index (κ3) is 8.44. The van der Waals surface area contributed by atoms with Gasteiger partial charge in [0.05, 0.1) is 0 Å². The van der Waals surface area contributed by atoms with Crippen molar-refractivity contribution in [1.29, 1.82) is 5.26 Å². The maximum absolute atomic E-state index is 9.77. The molecule has 7 heteroatoms. The molecule has 2 aromatic rings. The van der Waals surface area contributed by atoms with E-state index in [4.69, 9.17) is 11.0 Å². The van der Waals surface area contributed by atoms with Gasteiger partial charge < -0.3 is 15.8 Å². The van der Waals surface area contributed by atoms with Crippen molar-refractivity contribution >= 4 is 12.2 Å². The van der Waals surface area contributed by atoms with Crippen LogP contribution in [0, 0.1) is 11.3 Å². The Labute approximate surface area is 148 Å². The molecule has 0 aliphatic heterocycles. The molecule has 0 aliphatic carbocycles. The van der Waals surface area contributed by atoms with Crippen LogP contribution < -0.4 is 15.8 Å². The second-order valence-corrected chi connectivity index (χ2v) is 4.59. The molecule has 7 nitrogen and oxygen atoms in total. The Morgan fingerprint density at radius 2 is 1.88 bits per heavy atom. The molecular formula is C18H25N5O2. The fraction of sp³-hybridized carbons (Fsp3) is 0.333. The Kier molecular flexibility index (Phi) is 11.9. The highest BCUT2D eigenvalue weighted by atomic mass is 16.5. The topological polar surface area (TPSA) is 114 Å². The number of rotatable bonds is 5. The number of carbonyl (C=O) groups is 1. The van der Waals surface area contributed by atoms with Crippen LogP contribution >= 0.6 is 0 Å². The van der Waals surface area contributed by atoms with Gasteiger partial charge in [0.1, 0.15) is 6.07 Å². The average Bonchev–Trinajstić information content (AvgIpc) is 2.70. The van der Waals surface area contributed by atoms with Gasteiger partial charge in [-0.3, -0.25) is 4.79 Å². The van der Waals surface area contributed by atoms with Crippen LogP contribution in [0.4, 0.5) is 5.69 Å².